The van der Waals surface area contributed by atoms with E-state index in [-0.39, 0.29) is 12.3 Å². The molecule has 0 amide bonds. The van der Waals surface area contributed by atoms with Gasteiger partial charge in [-0.1, -0.05) is 13.8 Å². The molecule has 1 fully saturated rings. The van der Waals surface area contributed by atoms with Crippen molar-refractivity contribution in [3.8, 4) is 0 Å². The number of nitrogens with two attached hydrogens (primary N) is 2. The van der Waals surface area contributed by atoms with E-state index in [1.165, 1.54) is 11.4 Å². The van der Waals surface area contributed by atoms with Crippen LogP contribution >= 0.6 is 11.3 Å². The second-order valence-electron chi connectivity index (χ2n) is 6.13. The Morgan fingerprint density at radius 1 is 1.62 bits per heavy atom. The molecule has 1 aromatic heterocycles. The number of nitrogens with zero attached hydrogens (tertiary/aromatic N) is 2. The van der Waals surface area contributed by atoms with E-state index < -0.39 is 11.9 Å². The van der Waals surface area contributed by atoms with Crippen LogP contribution < -0.4 is 22.4 Å². The molecule has 0 radical (unpaired) electrons. The number of hydrogen-bond donors (Lipinski definition) is 5. The lowest BCUT2D eigenvalue weighted by Gasteiger charge is -2.16. The largest absolute Gasteiger partial charge is 0.481 e. The molecule has 0 aromatic carbocycles. The minimum absolute atomic E-state index is 0.0163. The molecule has 9 heteroatoms. The summed E-state index contributed by atoms with van der Waals surface area (Å²) in [6.07, 6.45) is 1.48. The maximum absolute atomic E-state index is 10.7. The first kappa shape index (κ1) is 20.3. The van der Waals surface area contributed by atoms with Crippen molar-refractivity contribution in [1.29, 1.82) is 0 Å². The van der Waals surface area contributed by atoms with Gasteiger partial charge in [0.15, 0.2) is 0 Å². The lowest BCUT2D eigenvalue weighted by molar-refractivity contribution is -0.142. The quantitative estimate of drug-likeness (QED) is 0.229. The Morgan fingerprint density at radius 3 is 2.71 bits per heavy atom. The van der Waals surface area contributed by atoms with E-state index in [2.05, 4.69) is 33.1 Å². The van der Waals surface area contributed by atoms with Gasteiger partial charge in [-0.05, 0) is 25.8 Å². The second-order valence-corrected chi connectivity index (χ2v) is 7.02. The lowest BCUT2D eigenvalue weighted by Crippen LogP contribution is -2.35. The Morgan fingerprint density at radius 2 is 2.33 bits per heavy atom. The van der Waals surface area contributed by atoms with Gasteiger partial charge in [-0.15, -0.1) is 11.3 Å². The van der Waals surface area contributed by atoms with Crippen LogP contribution in [0, 0.1) is 18.8 Å². The van der Waals surface area contributed by atoms with E-state index >= 15 is 0 Å². The molecular weight excluding hydrogens is 328 g/mol. The first-order chi connectivity index (χ1) is 11.4. The van der Waals surface area contributed by atoms with Crippen LogP contribution in [0.3, 0.4) is 0 Å². The number of carbonyl (C=O) groups is 1. The van der Waals surface area contributed by atoms with E-state index in [9.17, 15) is 4.79 Å². The van der Waals surface area contributed by atoms with Crippen LogP contribution in [0.2, 0.25) is 0 Å². The molecular formula is C15H28N6O2S. The Kier molecular flexibility index (Phi) is 8.66. The first-order valence-electron chi connectivity index (χ1n) is 7.97. The van der Waals surface area contributed by atoms with Gasteiger partial charge in [0.2, 0.25) is 0 Å². The molecule has 7 N–H and O–H groups in total. The molecule has 24 heavy (non-hydrogen) atoms. The Hall–Kier alpha value is -1.71. The molecule has 1 saturated heterocycles. The van der Waals surface area contributed by atoms with Gasteiger partial charge < -0.3 is 21.7 Å². The monoisotopic (exact) mass is 356 g/mol. The third kappa shape index (κ3) is 6.42. The number of hydrazine groups is 1. The normalized spacial score (nSPS) is 18.9. The SMILES string of the molecule is CC(C)C(C/C(=N/N)NN)C(=O)O.Cc1csc(C2CCNC2)n1. The first-order valence-corrected chi connectivity index (χ1v) is 8.85. The molecule has 1 aliphatic heterocycles. The fourth-order valence-corrected chi connectivity index (χ4v) is 3.32. The number of hydrogen-bond acceptors (Lipinski definition) is 7. The van der Waals surface area contributed by atoms with Gasteiger partial charge in [0.1, 0.15) is 5.84 Å². The number of carboxylic acid groups (broad SMARTS) is 1. The predicted molar refractivity (Wildman–Crippen MR) is 96.6 cm³/mol. The molecule has 2 unspecified atom stereocenters. The van der Waals surface area contributed by atoms with Crippen molar-refractivity contribution < 1.29 is 9.90 Å². The number of hydrazone groups is 1. The third-order valence-corrected chi connectivity index (χ3v) is 5.03. The van der Waals surface area contributed by atoms with Gasteiger partial charge in [-0.2, -0.15) is 5.10 Å². The van der Waals surface area contributed by atoms with Crippen LogP contribution in [0.1, 0.15) is 43.3 Å². The molecule has 1 aliphatic rings. The Labute approximate surface area is 146 Å². The topological polar surface area (TPSA) is 139 Å². The van der Waals surface area contributed by atoms with Gasteiger partial charge >= 0.3 is 5.97 Å². The van der Waals surface area contributed by atoms with Crippen molar-refractivity contribution in [1.82, 2.24) is 15.7 Å². The van der Waals surface area contributed by atoms with Crippen LogP contribution in [0.25, 0.3) is 0 Å². The van der Waals surface area contributed by atoms with E-state index in [1.54, 1.807) is 11.3 Å². The van der Waals surface area contributed by atoms with Crippen molar-refractivity contribution >= 4 is 23.1 Å². The minimum atomic E-state index is -0.869. The van der Waals surface area contributed by atoms with Gasteiger partial charge in [-0.25, -0.2) is 10.8 Å². The molecule has 2 heterocycles. The molecule has 136 valence electrons. The third-order valence-electron chi connectivity index (χ3n) is 3.90. The fraction of sp³-hybridized carbons (Fsp3) is 0.667. The van der Waals surface area contributed by atoms with Gasteiger partial charge in [0, 0.05) is 30.0 Å². The average molecular weight is 356 g/mol. The van der Waals surface area contributed by atoms with Crippen LogP contribution in [0.5, 0.6) is 0 Å². The highest BCUT2D eigenvalue weighted by molar-refractivity contribution is 7.09. The van der Waals surface area contributed by atoms with E-state index in [4.69, 9.17) is 16.8 Å². The van der Waals surface area contributed by atoms with E-state index in [1.807, 2.05) is 13.8 Å². The number of thiazole rings is 1. The lowest BCUT2D eigenvalue weighted by atomic mass is 9.92. The summed E-state index contributed by atoms with van der Waals surface area (Å²) in [6, 6.07) is 0. The summed E-state index contributed by atoms with van der Waals surface area (Å²) in [6.45, 7) is 7.98. The number of aryl methyl sites for hydroxylation is 1. The van der Waals surface area contributed by atoms with Gasteiger partial charge in [0.05, 0.1) is 10.9 Å². The summed E-state index contributed by atoms with van der Waals surface area (Å²) >= 11 is 1.80. The Balaban J connectivity index is 0.000000242. The highest BCUT2D eigenvalue weighted by Gasteiger charge is 2.23. The predicted octanol–water partition coefficient (Wildman–Crippen LogP) is 0.997. The average Bonchev–Trinajstić information content (AvgIpc) is 3.19. The van der Waals surface area contributed by atoms with Crippen molar-refractivity contribution in [3.63, 3.8) is 0 Å². The zero-order chi connectivity index (χ0) is 18.1. The van der Waals surface area contributed by atoms with Gasteiger partial charge in [0.25, 0.3) is 0 Å². The van der Waals surface area contributed by atoms with Crippen LogP contribution in [0.15, 0.2) is 10.5 Å². The summed E-state index contributed by atoms with van der Waals surface area (Å²) in [4.78, 5) is 15.2. The highest BCUT2D eigenvalue weighted by Crippen LogP contribution is 2.24. The van der Waals surface area contributed by atoms with E-state index in [0.717, 1.165) is 18.8 Å². The molecule has 2 atom stereocenters. The summed E-state index contributed by atoms with van der Waals surface area (Å²) in [7, 11) is 0. The maximum atomic E-state index is 10.7. The number of carboxylic acids is 1. The number of nitrogens with one attached hydrogen (secondary N) is 2. The van der Waals surface area contributed by atoms with Crippen molar-refractivity contribution in [2.75, 3.05) is 13.1 Å². The summed E-state index contributed by atoms with van der Waals surface area (Å²) in [5.41, 5.74) is 3.42. The minimum Gasteiger partial charge on any atom is -0.481 e. The number of aliphatic carboxylic acids is 1. The van der Waals surface area contributed by atoms with Crippen molar-refractivity contribution in [3.05, 3.63) is 16.1 Å². The van der Waals surface area contributed by atoms with E-state index in [0.29, 0.717) is 11.8 Å². The van der Waals surface area contributed by atoms with Crippen LogP contribution in [-0.4, -0.2) is 35.0 Å². The van der Waals surface area contributed by atoms with Crippen molar-refractivity contribution in [2.24, 2.45) is 28.6 Å². The second kappa shape index (κ2) is 10.2. The molecule has 2 rings (SSSR count). The molecule has 0 bridgehead atoms. The van der Waals surface area contributed by atoms with Crippen molar-refractivity contribution in [2.45, 2.75) is 39.5 Å². The molecule has 0 saturated carbocycles. The fourth-order valence-electron chi connectivity index (χ4n) is 2.39. The van der Waals surface area contributed by atoms with Crippen LogP contribution in [-0.2, 0) is 4.79 Å². The van der Waals surface area contributed by atoms with Gasteiger partial charge in [-0.3, -0.25) is 4.79 Å². The smallest absolute Gasteiger partial charge is 0.307 e. The highest BCUT2D eigenvalue weighted by atomic mass is 32.1. The summed E-state index contributed by atoms with van der Waals surface area (Å²) < 4.78 is 0. The summed E-state index contributed by atoms with van der Waals surface area (Å²) in [5, 5.41) is 18.9. The zero-order valence-electron chi connectivity index (χ0n) is 14.5. The number of rotatable bonds is 5. The zero-order valence-corrected chi connectivity index (χ0v) is 15.3. The molecule has 1 aromatic rings. The molecule has 8 nitrogen and oxygen atoms in total. The number of aromatic nitrogens is 1. The summed E-state index contributed by atoms with van der Waals surface area (Å²) in [5.74, 6) is 9.68. The van der Waals surface area contributed by atoms with Crippen LogP contribution in [0.4, 0.5) is 0 Å². The molecule has 0 spiro atoms. The maximum Gasteiger partial charge on any atom is 0.307 e. The molecule has 0 aliphatic carbocycles. The standard InChI is InChI=1S/C8H12N2S.C7H16N4O2/c1-6-5-11-8(10-6)7-2-3-9-4-7;1-4(2)5(7(12)13)3-6(10-8)11-9/h5,7,9H,2-4H2,1H3;4-5H,3,8-9H2,1-2H3,(H,10,11)(H,12,13). The number of amidine groups is 1. The Bertz CT molecular complexity index is 540.